The summed E-state index contributed by atoms with van der Waals surface area (Å²) in [5.41, 5.74) is -0.171. The SMILES string of the molecule is CC(O)[C@H]1C(=O)N2C(C(=O)O)=C(SC3Cc4nnc(C(F)(F)F)n4C3)S[C@H]12. The molecule has 0 bridgehead atoms. The molecule has 3 aliphatic rings. The first-order valence-electron chi connectivity index (χ1n) is 7.91. The van der Waals surface area contributed by atoms with Crippen molar-refractivity contribution in [1.82, 2.24) is 19.7 Å². The number of carboxylic acid groups (broad SMARTS) is 1. The Hall–Kier alpha value is -1.73. The van der Waals surface area contributed by atoms with Crippen LogP contribution in [0.1, 0.15) is 18.6 Å². The number of carbonyl (C=O) groups is 2. The van der Waals surface area contributed by atoms with Crippen LogP contribution in [0.25, 0.3) is 0 Å². The summed E-state index contributed by atoms with van der Waals surface area (Å²) in [7, 11) is 0. The summed E-state index contributed by atoms with van der Waals surface area (Å²) in [6, 6.07) is 0. The Bertz CT molecular complexity index is 869. The summed E-state index contributed by atoms with van der Waals surface area (Å²) >= 11 is 2.28. The van der Waals surface area contributed by atoms with Gasteiger partial charge in [-0.25, -0.2) is 4.79 Å². The molecule has 1 fully saturated rings. The van der Waals surface area contributed by atoms with E-state index < -0.39 is 41.3 Å². The van der Waals surface area contributed by atoms with E-state index in [-0.39, 0.29) is 29.7 Å². The number of alkyl halides is 3. The maximum absolute atomic E-state index is 13.0. The molecule has 4 heterocycles. The van der Waals surface area contributed by atoms with Crippen LogP contribution in [0.4, 0.5) is 13.2 Å². The zero-order chi connectivity index (χ0) is 19.7. The molecule has 3 aliphatic heterocycles. The first-order valence-corrected chi connectivity index (χ1v) is 9.66. The number of aromatic nitrogens is 3. The maximum atomic E-state index is 13.0. The number of aliphatic carboxylic acids is 1. The summed E-state index contributed by atoms with van der Waals surface area (Å²) in [4.78, 5) is 24.9. The van der Waals surface area contributed by atoms with E-state index in [1.807, 2.05) is 0 Å². The zero-order valence-corrected chi connectivity index (χ0v) is 15.3. The van der Waals surface area contributed by atoms with E-state index in [9.17, 15) is 33.0 Å². The van der Waals surface area contributed by atoms with Crippen LogP contribution in [-0.2, 0) is 28.7 Å². The van der Waals surface area contributed by atoms with Gasteiger partial charge in [0.15, 0.2) is 5.70 Å². The van der Waals surface area contributed by atoms with Crippen LogP contribution < -0.4 is 0 Å². The number of carbonyl (C=O) groups excluding carboxylic acids is 1. The van der Waals surface area contributed by atoms with Gasteiger partial charge in [0.1, 0.15) is 11.2 Å². The predicted molar refractivity (Wildman–Crippen MR) is 88.2 cm³/mol. The van der Waals surface area contributed by atoms with Gasteiger partial charge in [-0.05, 0) is 6.92 Å². The zero-order valence-electron chi connectivity index (χ0n) is 13.7. The van der Waals surface area contributed by atoms with Crippen molar-refractivity contribution in [2.75, 3.05) is 0 Å². The van der Waals surface area contributed by atoms with E-state index in [1.165, 1.54) is 6.92 Å². The molecule has 1 aromatic heterocycles. The molecular formula is C14H13F3N4O4S2. The van der Waals surface area contributed by atoms with Crippen LogP contribution in [0.15, 0.2) is 9.93 Å². The number of aliphatic hydroxyl groups is 1. The number of aliphatic hydroxyl groups excluding tert-OH is 1. The number of nitrogens with zero attached hydrogens (tertiary/aromatic N) is 4. The van der Waals surface area contributed by atoms with Crippen molar-refractivity contribution in [2.45, 2.75) is 42.8 Å². The van der Waals surface area contributed by atoms with Crippen molar-refractivity contribution in [3.63, 3.8) is 0 Å². The summed E-state index contributed by atoms with van der Waals surface area (Å²) < 4.78 is 40.2. The molecular weight excluding hydrogens is 409 g/mol. The standard InChI is InChI=1S/C14H13F3N4O4S2/c1-4(22)7-9(23)21-8(11(24)25)12(27-10(7)21)26-5-2-6-18-19-13(14(15,16)17)20(6)3-5/h4-5,7,10,22H,2-3H2,1H3,(H,24,25)/t4?,5?,7-,10+/m0/s1. The van der Waals surface area contributed by atoms with E-state index in [0.29, 0.717) is 4.24 Å². The third kappa shape index (κ3) is 2.83. The van der Waals surface area contributed by atoms with Gasteiger partial charge in [-0.1, -0.05) is 11.8 Å². The van der Waals surface area contributed by atoms with E-state index in [2.05, 4.69) is 10.2 Å². The Morgan fingerprint density at radius 2 is 2.11 bits per heavy atom. The number of fused-ring (bicyclic) bond motifs is 2. The van der Waals surface area contributed by atoms with Crippen molar-refractivity contribution in [1.29, 1.82) is 0 Å². The maximum Gasteiger partial charge on any atom is 0.451 e. The minimum absolute atomic E-state index is 0.00273. The predicted octanol–water partition coefficient (Wildman–Crippen LogP) is 1.12. The molecule has 0 aromatic carbocycles. The third-order valence-corrected chi connectivity index (χ3v) is 7.41. The molecule has 4 rings (SSSR count). The average Bonchev–Trinajstić information content (AvgIpc) is 3.16. The first kappa shape index (κ1) is 18.6. The molecule has 0 radical (unpaired) electrons. The van der Waals surface area contributed by atoms with Gasteiger partial charge in [-0.15, -0.1) is 22.0 Å². The van der Waals surface area contributed by atoms with Gasteiger partial charge in [0.25, 0.3) is 0 Å². The Morgan fingerprint density at radius 3 is 2.70 bits per heavy atom. The monoisotopic (exact) mass is 422 g/mol. The normalized spacial score (nSPS) is 28.3. The fourth-order valence-corrected chi connectivity index (χ4v) is 6.73. The van der Waals surface area contributed by atoms with Crippen molar-refractivity contribution in [3.8, 4) is 0 Å². The number of hydrogen-bond acceptors (Lipinski definition) is 7. The van der Waals surface area contributed by atoms with E-state index in [0.717, 1.165) is 33.0 Å². The highest BCUT2D eigenvalue weighted by Gasteiger charge is 2.58. The van der Waals surface area contributed by atoms with Crippen molar-refractivity contribution < 1.29 is 33.0 Å². The second kappa shape index (κ2) is 6.14. The van der Waals surface area contributed by atoms with Gasteiger partial charge in [-0.2, -0.15) is 13.2 Å². The number of β-lactam (4-membered cyclic amide) rings is 1. The lowest BCUT2D eigenvalue weighted by Gasteiger charge is -2.43. The highest BCUT2D eigenvalue weighted by Crippen LogP contribution is 2.55. The molecule has 0 saturated carbocycles. The van der Waals surface area contributed by atoms with Gasteiger partial charge >= 0.3 is 12.1 Å². The number of carboxylic acids is 1. The minimum Gasteiger partial charge on any atom is -0.477 e. The smallest absolute Gasteiger partial charge is 0.451 e. The summed E-state index contributed by atoms with van der Waals surface area (Å²) in [6.07, 6.45) is -5.31. The van der Waals surface area contributed by atoms with Crippen molar-refractivity contribution in [2.24, 2.45) is 5.92 Å². The molecule has 8 nitrogen and oxygen atoms in total. The van der Waals surface area contributed by atoms with Crippen molar-refractivity contribution in [3.05, 3.63) is 21.6 Å². The van der Waals surface area contributed by atoms with Crippen LogP contribution in [0.5, 0.6) is 0 Å². The van der Waals surface area contributed by atoms with Crippen LogP contribution in [0, 0.1) is 5.92 Å². The van der Waals surface area contributed by atoms with Crippen LogP contribution in [-0.4, -0.2) is 58.5 Å². The molecule has 0 spiro atoms. The molecule has 4 atom stereocenters. The van der Waals surface area contributed by atoms with Gasteiger partial charge in [0.05, 0.1) is 16.3 Å². The number of rotatable bonds is 4. The lowest BCUT2D eigenvalue weighted by atomic mass is 9.92. The van der Waals surface area contributed by atoms with E-state index in [4.69, 9.17) is 0 Å². The third-order valence-electron chi connectivity index (χ3n) is 4.62. The fraction of sp³-hybridized carbons (Fsp3) is 0.571. The fourth-order valence-electron chi connectivity index (χ4n) is 3.42. The molecule has 2 N–H and O–H groups in total. The van der Waals surface area contributed by atoms with Gasteiger partial charge < -0.3 is 14.8 Å². The van der Waals surface area contributed by atoms with Gasteiger partial charge in [0.2, 0.25) is 11.7 Å². The Kier molecular flexibility index (Phi) is 4.23. The summed E-state index contributed by atoms with van der Waals surface area (Å²) in [5.74, 6) is -3.30. The number of halogens is 3. The van der Waals surface area contributed by atoms with E-state index >= 15 is 0 Å². The molecule has 13 heteroatoms. The van der Waals surface area contributed by atoms with E-state index in [1.54, 1.807) is 0 Å². The van der Waals surface area contributed by atoms with Crippen LogP contribution in [0.3, 0.4) is 0 Å². The number of thioether (sulfide) groups is 2. The molecule has 2 unspecified atom stereocenters. The molecule has 146 valence electrons. The summed E-state index contributed by atoms with van der Waals surface area (Å²) in [5, 5.41) is 25.1. The van der Waals surface area contributed by atoms with Gasteiger partial charge in [0, 0.05) is 18.2 Å². The summed E-state index contributed by atoms with van der Waals surface area (Å²) in [6.45, 7) is 1.46. The largest absolute Gasteiger partial charge is 0.477 e. The Morgan fingerprint density at radius 1 is 1.41 bits per heavy atom. The van der Waals surface area contributed by atoms with Crippen LogP contribution in [0.2, 0.25) is 0 Å². The molecule has 27 heavy (non-hydrogen) atoms. The lowest BCUT2D eigenvalue weighted by Crippen LogP contribution is -2.60. The topological polar surface area (TPSA) is 109 Å². The van der Waals surface area contributed by atoms with Crippen LogP contribution >= 0.6 is 23.5 Å². The average molecular weight is 422 g/mol. The highest BCUT2D eigenvalue weighted by molar-refractivity contribution is 8.23. The molecule has 1 aromatic rings. The van der Waals surface area contributed by atoms with Crippen molar-refractivity contribution >= 4 is 35.4 Å². The molecule has 1 saturated heterocycles. The van der Waals surface area contributed by atoms with Gasteiger partial charge in [-0.3, -0.25) is 9.69 Å². The lowest BCUT2D eigenvalue weighted by molar-refractivity contribution is -0.156. The minimum atomic E-state index is -4.61. The Labute approximate surface area is 158 Å². The second-order valence-corrected chi connectivity index (χ2v) is 9.11. The highest BCUT2D eigenvalue weighted by atomic mass is 32.2. The number of hydrogen-bond donors (Lipinski definition) is 2. The second-order valence-electron chi connectivity index (χ2n) is 6.42. The first-order chi connectivity index (χ1) is 12.6. The molecule has 1 amide bonds. The molecule has 0 aliphatic carbocycles. The Balaban J connectivity index is 1.54. The quantitative estimate of drug-likeness (QED) is 0.695. The number of amides is 1.